The number of nitrogens with zero attached hydrogens (tertiary/aromatic N) is 1. The molecule has 0 spiro atoms. The van der Waals surface area contributed by atoms with Crippen molar-refractivity contribution in [1.82, 2.24) is 10.2 Å². The van der Waals surface area contributed by atoms with Gasteiger partial charge in [-0.2, -0.15) is 0 Å². The van der Waals surface area contributed by atoms with Crippen LogP contribution in [0.2, 0.25) is 0 Å². The van der Waals surface area contributed by atoms with E-state index >= 15 is 0 Å². The van der Waals surface area contributed by atoms with Gasteiger partial charge in [-0.1, -0.05) is 129 Å². The van der Waals surface area contributed by atoms with Gasteiger partial charge in [0.25, 0.3) is 0 Å². The Balaban J connectivity index is 1.85. The second-order valence-corrected chi connectivity index (χ2v) is 14.3. The fourth-order valence-corrected chi connectivity index (χ4v) is 6.10. The van der Waals surface area contributed by atoms with Crippen LogP contribution in [0.4, 0.5) is 0 Å². The van der Waals surface area contributed by atoms with Crippen LogP contribution in [0.1, 0.15) is 188 Å². The Morgan fingerprint density at radius 3 is 1.63 bits per heavy atom. The van der Waals surface area contributed by atoms with E-state index in [4.69, 9.17) is 4.74 Å². The van der Waals surface area contributed by atoms with Gasteiger partial charge in [-0.3, -0.25) is 9.59 Å². The number of carbonyl (C=O) groups is 2. The van der Waals surface area contributed by atoms with Crippen molar-refractivity contribution in [1.29, 1.82) is 0 Å². The van der Waals surface area contributed by atoms with Gasteiger partial charge in [0.2, 0.25) is 11.8 Å². The molecule has 43 heavy (non-hydrogen) atoms. The van der Waals surface area contributed by atoms with Crippen molar-refractivity contribution in [2.24, 2.45) is 0 Å². The highest BCUT2D eigenvalue weighted by Crippen LogP contribution is 2.22. The standard InChI is InChI=1S/C37H72N2O4/c1-5-6-7-8-9-10-11-12-13-14-15-16-17-18-19-20-21-22-24-27-35(41)38-29-26-23-25-28-36(42)39-31-34(40)30-33(39)32-43-37(2,3)4/h33-34,40H,5-32H2,1-4H3,(H,38,41)/t33-,34+/m0/s1. The summed E-state index contributed by atoms with van der Waals surface area (Å²) in [6.45, 7) is 9.87. The van der Waals surface area contributed by atoms with Crippen LogP contribution in [0.25, 0.3) is 0 Å². The van der Waals surface area contributed by atoms with E-state index in [0.29, 0.717) is 39.0 Å². The molecule has 1 rings (SSSR count). The van der Waals surface area contributed by atoms with Crippen molar-refractivity contribution < 1.29 is 19.4 Å². The average molecular weight is 609 g/mol. The number of carbonyl (C=O) groups excluding carboxylic acids is 2. The minimum absolute atomic E-state index is 0.0370. The number of rotatable bonds is 28. The second kappa shape index (κ2) is 26.1. The lowest BCUT2D eigenvalue weighted by Gasteiger charge is -2.28. The first kappa shape index (κ1) is 39.9. The predicted octanol–water partition coefficient (Wildman–Crippen LogP) is 9.26. The van der Waals surface area contributed by atoms with Gasteiger partial charge in [0, 0.05) is 25.9 Å². The molecule has 2 amide bonds. The van der Waals surface area contributed by atoms with Crippen LogP contribution >= 0.6 is 0 Å². The van der Waals surface area contributed by atoms with Gasteiger partial charge in [-0.05, 0) is 46.5 Å². The topological polar surface area (TPSA) is 78.9 Å². The Labute approximate surface area is 266 Å². The molecule has 6 heteroatoms. The van der Waals surface area contributed by atoms with Gasteiger partial charge in [0.05, 0.1) is 24.4 Å². The first-order valence-corrected chi connectivity index (χ1v) is 18.6. The van der Waals surface area contributed by atoms with Gasteiger partial charge in [0.1, 0.15) is 0 Å². The van der Waals surface area contributed by atoms with Crippen LogP contribution in [0.15, 0.2) is 0 Å². The van der Waals surface area contributed by atoms with Gasteiger partial charge in [-0.15, -0.1) is 0 Å². The number of aliphatic hydroxyl groups is 1. The van der Waals surface area contributed by atoms with Gasteiger partial charge < -0.3 is 20.1 Å². The molecule has 2 atom stereocenters. The number of unbranched alkanes of at least 4 members (excludes halogenated alkanes) is 20. The third-order valence-corrected chi connectivity index (χ3v) is 8.82. The minimum atomic E-state index is -0.457. The highest BCUT2D eigenvalue weighted by molar-refractivity contribution is 5.77. The third kappa shape index (κ3) is 23.9. The Kier molecular flexibility index (Phi) is 24.2. The van der Waals surface area contributed by atoms with Crippen LogP contribution in [-0.4, -0.2) is 59.3 Å². The summed E-state index contributed by atoms with van der Waals surface area (Å²) in [5.74, 6) is 0.267. The largest absolute Gasteiger partial charge is 0.391 e. The van der Waals surface area contributed by atoms with E-state index < -0.39 is 6.10 Å². The van der Waals surface area contributed by atoms with Crippen LogP contribution in [-0.2, 0) is 14.3 Å². The molecular weight excluding hydrogens is 536 g/mol. The Morgan fingerprint density at radius 2 is 1.14 bits per heavy atom. The molecule has 1 heterocycles. The predicted molar refractivity (Wildman–Crippen MR) is 181 cm³/mol. The molecule has 1 saturated heterocycles. The summed E-state index contributed by atoms with van der Waals surface area (Å²) in [5.41, 5.74) is -0.252. The number of β-amino-alcohol motifs (C(OH)–C–C–N with tert-alkyl or cyclic N) is 1. The van der Waals surface area contributed by atoms with Crippen molar-refractivity contribution in [2.75, 3.05) is 19.7 Å². The normalized spacial score (nSPS) is 17.1. The summed E-state index contributed by atoms with van der Waals surface area (Å²) in [7, 11) is 0. The van der Waals surface area contributed by atoms with E-state index in [1.165, 1.54) is 109 Å². The molecule has 0 unspecified atom stereocenters. The lowest BCUT2D eigenvalue weighted by molar-refractivity contribution is -0.134. The summed E-state index contributed by atoms with van der Waals surface area (Å²) >= 11 is 0. The summed E-state index contributed by atoms with van der Waals surface area (Å²) < 4.78 is 5.87. The molecule has 1 fully saturated rings. The van der Waals surface area contributed by atoms with Gasteiger partial charge >= 0.3 is 0 Å². The Hall–Kier alpha value is -1.14. The monoisotopic (exact) mass is 609 g/mol. The molecule has 1 aliphatic rings. The fourth-order valence-electron chi connectivity index (χ4n) is 6.10. The van der Waals surface area contributed by atoms with E-state index in [-0.39, 0.29) is 23.5 Å². The molecule has 0 bridgehead atoms. The van der Waals surface area contributed by atoms with Crippen LogP contribution in [0.3, 0.4) is 0 Å². The van der Waals surface area contributed by atoms with Crippen LogP contribution in [0, 0.1) is 0 Å². The number of aliphatic hydroxyl groups excluding tert-OH is 1. The molecule has 0 aromatic carbocycles. The average Bonchev–Trinajstić information content (AvgIpc) is 3.35. The van der Waals surface area contributed by atoms with Crippen molar-refractivity contribution in [3.8, 4) is 0 Å². The van der Waals surface area contributed by atoms with E-state index in [1.807, 2.05) is 20.8 Å². The van der Waals surface area contributed by atoms with E-state index in [1.54, 1.807) is 4.90 Å². The summed E-state index contributed by atoms with van der Waals surface area (Å²) in [4.78, 5) is 26.6. The number of hydrogen-bond acceptors (Lipinski definition) is 4. The number of ether oxygens (including phenoxy) is 1. The number of likely N-dealkylation sites (tertiary alicyclic amines) is 1. The molecule has 1 aliphatic heterocycles. The fraction of sp³-hybridized carbons (Fsp3) is 0.946. The maximum Gasteiger partial charge on any atom is 0.222 e. The van der Waals surface area contributed by atoms with E-state index in [9.17, 15) is 14.7 Å². The SMILES string of the molecule is CCCCCCCCCCCCCCCCCCCCCC(=O)NCCCCCC(=O)N1C[C@H](O)C[C@H]1COC(C)(C)C. The number of nitrogens with one attached hydrogen (secondary N) is 1. The smallest absolute Gasteiger partial charge is 0.222 e. The Bertz CT molecular complexity index is 678. The summed E-state index contributed by atoms with van der Waals surface area (Å²) in [6, 6.07) is -0.0370. The molecule has 0 saturated carbocycles. The summed E-state index contributed by atoms with van der Waals surface area (Å²) in [6.07, 6.45) is 29.8. The Morgan fingerprint density at radius 1 is 0.698 bits per heavy atom. The highest BCUT2D eigenvalue weighted by atomic mass is 16.5. The van der Waals surface area contributed by atoms with Crippen molar-refractivity contribution >= 4 is 11.8 Å². The molecule has 6 nitrogen and oxygen atoms in total. The molecule has 254 valence electrons. The van der Waals surface area contributed by atoms with E-state index in [0.717, 1.165) is 32.1 Å². The number of amides is 2. The second-order valence-electron chi connectivity index (χ2n) is 14.3. The van der Waals surface area contributed by atoms with Gasteiger partial charge in [0.15, 0.2) is 0 Å². The molecule has 0 aromatic rings. The van der Waals surface area contributed by atoms with Gasteiger partial charge in [-0.25, -0.2) is 0 Å². The molecule has 0 aliphatic carbocycles. The molecule has 2 N–H and O–H groups in total. The maximum atomic E-state index is 12.7. The zero-order valence-corrected chi connectivity index (χ0v) is 29.1. The first-order chi connectivity index (χ1) is 20.7. The first-order valence-electron chi connectivity index (χ1n) is 18.6. The molecular formula is C37H72N2O4. The highest BCUT2D eigenvalue weighted by Gasteiger charge is 2.34. The lowest BCUT2D eigenvalue weighted by atomic mass is 10.0. The lowest BCUT2D eigenvalue weighted by Crippen LogP contribution is -2.40. The maximum absolute atomic E-state index is 12.7. The minimum Gasteiger partial charge on any atom is -0.391 e. The number of hydrogen-bond donors (Lipinski definition) is 2. The summed E-state index contributed by atoms with van der Waals surface area (Å²) in [5, 5.41) is 13.1. The third-order valence-electron chi connectivity index (χ3n) is 8.82. The van der Waals surface area contributed by atoms with Crippen molar-refractivity contribution in [3.05, 3.63) is 0 Å². The van der Waals surface area contributed by atoms with Crippen molar-refractivity contribution in [2.45, 2.75) is 206 Å². The van der Waals surface area contributed by atoms with Crippen LogP contribution in [0.5, 0.6) is 0 Å². The van der Waals surface area contributed by atoms with Crippen molar-refractivity contribution in [3.63, 3.8) is 0 Å². The van der Waals surface area contributed by atoms with Crippen LogP contribution < -0.4 is 5.32 Å². The zero-order valence-electron chi connectivity index (χ0n) is 29.1. The zero-order chi connectivity index (χ0) is 31.6. The molecule has 0 aromatic heterocycles. The quantitative estimate of drug-likeness (QED) is 0.0868. The van der Waals surface area contributed by atoms with E-state index in [2.05, 4.69) is 12.2 Å². The molecule has 0 radical (unpaired) electrons.